The first kappa shape index (κ1) is 12.5. The predicted molar refractivity (Wildman–Crippen MR) is 63.4 cm³/mol. The van der Waals surface area contributed by atoms with Crippen molar-refractivity contribution in [3.05, 3.63) is 11.0 Å². The summed E-state index contributed by atoms with van der Waals surface area (Å²) in [6, 6.07) is 0. The first-order chi connectivity index (χ1) is 7.54. The minimum absolute atomic E-state index is 0.102. The number of hydrogen-bond donors (Lipinski definition) is 3. The maximum absolute atomic E-state index is 11.2. The van der Waals surface area contributed by atoms with Gasteiger partial charge in [-0.3, -0.25) is 4.79 Å². The zero-order chi connectivity index (χ0) is 12.1. The molecule has 0 radical (unpaired) electrons. The van der Waals surface area contributed by atoms with E-state index in [2.05, 4.69) is 20.6 Å². The number of aromatic nitrogens is 2. The number of nitrogens with two attached hydrogens (primary N) is 1. The Morgan fingerprint density at radius 1 is 1.50 bits per heavy atom. The van der Waals surface area contributed by atoms with Crippen LogP contribution in [0, 0.1) is 6.92 Å². The van der Waals surface area contributed by atoms with Gasteiger partial charge in [-0.25, -0.2) is 4.98 Å². The van der Waals surface area contributed by atoms with Crippen molar-refractivity contribution >= 4 is 29.0 Å². The van der Waals surface area contributed by atoms with E-state index < -0.39 is 0 Å². The fourth-order valence-corrected chi connectivity index (χ4v) is 1.32. The standard InChI is InChI=1S/C9H14ClN5O/c1-3-12-6(16)4-13-8-7(11)5(2)14-9(10)15-8/h3-4,11H2,1-2H3,(H,12,16)(H,13,14,15). The summed E-state index contributed by atoms with van der Waals surface area (Å²) in [5.74, 6) is 0.248. The van der Waals surface area contributed by atoms with Crippen LogP contribution in [0.2, 0.25) is 5.28 Å². The molecule has 0 bridgehead atoms. The number of halogens is 1. The Balaban J connectivity index is 2.70. The summed E-state index contributed by atoms with van der Waals surface area (Å²) in [6.07, 6.45) is 0. The molecule has 88 valence electrons. The Hall–Kier alpha value is -1.56. The molecule has 0 unspecified atom stereocenters. The third kappa shape index (κ3) is 3.23. The molecule has 4 N–H and O–H groups in total. The van der Waals surface area contributed by atoms with Gasteiger partial charge < -0.3 is 16.4 Å². The SMILES string of the molecule is CCNC(=O)CNc1nc(Cl)nc(C)c1N. The molecule has 0 spiro atoms. The van der Waals surface area contributed by atoms with E-state index in [4.69, 9.17) is 17.3 Å². The Morgan fingerprint density at radius 2 is 2.19 bits per heavy atom. The van der Waals surface area contributed by atoms with Gasteiger partial charge in [-0.05, 0) is 25.4 Å². The van der Waals surface area contributed by atoms with E-state index in [1.54, 1.807) is 6.92 Å². The molecule has 1 rings (SSSR count). The van der Waals surface area contributed by atoms with E-state index in [-0.39, 0.29) is 17.7 Å². The Bertz CT molecular complexity index is 396. The van der Waals surface area contributed by atoms with E-state index in [1.165, 1.54) is 0 Å². The van der Waals surface area contributed by atoms with Crippen molar-refractivity contribution in [1.29, 1.82) is 0 Å². The van der Waals surface area contributed by atoms with E-state index in [0.29, 0.717) is 23.7 Å². The summed E-state index contributed by atoms with van der Waals surface area (Å²) >= 11 is 5.68. The molecule has 0 saturated heterocycles. The Kier molecular flexibility index (Phi) is 4.30. The van der Waals surface area contributed by atoms with Gasteiger partial charge in [0.1, 0.15) is 0 Å². The van der Waals surface area contributed by atoms with Crippen molar-refractivity contribution in [2.75, 3.05) is 24.1 Å². The number of hydrogen-bond acceptors (Lipinski definition) is 5. The van der Waals surface area contributed by atoms with E-state index in [9.17, 15) is 4.79 Å². The zero-order valence-electron chi connectivity index (χ0n) is 9.17. The third-order valence-electron chi connectivity index (χ3n) is 1.90. The second-order valence-electron chi connectivity index (χ2n) is 3.15. The van der Waals surface area contributed by atoms with E-state index in [0.717, 1.165) is 0 Å². The number of anilines is 2. The van der Waals surface area contributed by atoms with Gasteiger partial charge in [-0.1, -0.05) is 0 Å². The van der Waals surface area contributed by atoms with Crippen LogP contribution in [0.4, 0.5) is 11.5 Å². The number of likely N-dealkylation sites (N-methyl/N-ethyl adjacent to an activating group) is 1. The fraction of sp³-hybridized carbons (Fsp3) is 0.444. The molecule has 0 aliphatic heterocycles. The van der Waals surface area contributed by atoms with Gasteiger partial charge in [-0.2, -0.15) is 4.98 Å². The van der Waals surface area contributed by atoms with Crippen LogP contribution in [-0.2, 0) is 4.79 Å². The Labute approximate surface area is 98.6 Å². The van der Waals surface area contributed by atoms with Crippen LogP contribution in [0.15, 0.2) is 0 Å². The molecule has 1 heterocycles. The van der Waals surface area contributed by atoms with Crippen LogP contribution in [0.1, 0.15) is 12.6 Å². The molecule has 0 saturated carbocycles. The highest BCUT2D eigenvalue weighted by Gasteiger charge is 2.08. The van der Waals surface area contributed by atoms with Crippen LogP contribution in [-0.4, -0.2) is 29.0 Å². The predicted octanol–water partition coefficient (Wildman–Crippen LogP) is 0.569. The van der Waals surface area contributed by atoms with Crippen LogP contribution >= 0.6 is 11.6 Å². The molecule has 0 aliphatic rings. The van der Waals surface area contributed by atoms with Crippen molar-refractivity contribution in [1.82, 2.24) is 15.3 Å². The number of rotatable bonds is 4. The minimum Gasteiger partial charge on any atom is -0.394 e. The highest BCUT2D eigenvalue weighted by molar-refractivity contribution is 6.28. The lowest BCUT2D eigenvalue weighted by atomic mass is 10.3. The zero-order valence-corrected chi connectivity index (χ0v) is 9.93. The molecule has 16 heavy (non-hydrogen) atoms. The van der Waals surface area contributed by atoms with Crippen molar-refractivity contribution in [3.63, 3.8) is 0 Å². The van der Waals surface area contributed by atoms with Crippen LogP contribution < -0.4 is 16.4 Å². The first-order valence-electron chi connectivity index (χ1n) is 4.84. The molecule has 0 fully saturated rings. The minimum atomic E-state index is -0.130. The summed E-state index contributed by atoms with van der Waals surface area (Å²) in [5, 5.41) is 5.55. The number of nitrogen functional groups attached to an aromatic ring is 1. The largest absolute Gasteiger partial charge is 0.394 e. The van der Waals surface area contributed by atoms with E-state index in [1.807, 2.05) is 6.92 Å². The summed E-state index contributed by atoms with van der Waals surface area (Å²) in [7, 11) is 0. The quantitative estimate of drug-likeness (QED) is 0.673. The van der Waals surface area contributed by atoms with Crippen molar-refractivity contribution in [2.45, 2.75) is 13.8 Å². The normalized spacial score (nSPS) is 9.94. The second-order valence-corrected chi connectivity index (χ2v) is 3.49. The lowest BCUT2D eigenvalue weighted by Gasteiger charge is -2.09. The van der Waals surface area contributed by atoms with Gasteiger partial charge in [0.25, 0.3) is 0 Å². The summed E-state index contributed by atoms with van der Waals surface area (Å²) < 4.78 is 0. The lowest BCUT2D eigenvalue weighted by Crippen LogP contribution is -2.29. The molecule has 1 amide bonds. The van der Waals surface area contributed by atoms with Gasteiger partial charge in [-0.15, -0.1) is 0 Å². The van der Waals surface area contributed by atoms with E-state index >= 15 is 0 Å². The second kappa shape index (κ2) is 5.50. The smallest absolute Gasteiger partial charge is 0.239 e. The average Bonchev–Trinajstić information content (AvgIpc) is 2.21. The maximum atomic E-state index is 11.2. The van der Waals surface area contributed by atoms with Crippen molar-refractivity contribution in [3.8, 4) is 0 Å². The Morgan fingerprint density at radius 3 is 2.81 bits per heavy atom. The third-order valence-corrected chi connectivity index (χ3v) is 2.07. The number of carbonyl (C=O) groups excluding carboxylic acids is 1. The van der Waals surface area contributed by atoms with Gasteiger partial charge in [0.15, 0.2) is 5.82 Å². The molecule has 6 nitrogen and oxygen atoms in total. The van der Waals surface area contributed by atoms with Crippen LogP contribution in [0.5, 0.6) is 0 Å². The molecule has 1 aromatic heterocycles. The van der Waals surface area contributed by atoms with Gasteiger partial charge in [0.2, 0.25) is 11.2 Å². The number of nitrogens with zero attached hydrogens (tertiary/aromatic N) is 2. The first-order valence-corrected chi connectivity index (χ1v) is 5.22. The summed E-state index contributed by atoms with van der Waals surface area (Å²) in [6.45, 7) is 4.25. The number of amides is 1. The highest BCUT2D eigenvalue weighted by Crippen LogP contribution is 2.19. The van der Waals surface area contributed by atoms with Gasteiger partial charge >= 0.3 is 0 Å². The molecule has 7 heteroatoms. The lowest BCUT2D eigenvalue weighted by molar-refractivity contribution is -0.119. The van der Waals surface area contributed by atoms with Crippen molar-refractivity contribution < 1.29 is 4.79 Å². The van der Waals surface area contributed by atoms with Gasteiger partial charge in [0, 0.05) is 6.54 Å². The monoisotopic (exact) mass is 243 g/mol. The summed E-state index contributed by atoms with van der Waals surface area (Å²) in [5.41, 5.74) is 6.71. The molecule has 1 aromatic rings. The number of nitrogens with one attached hydrogen (secondary N) is 2. The van der Waals surface area contributed by atoms with Crippen molar-refractivity contribution in [2.24, 2.45) is 0 Å². The average molecular weight is 244 g/mol. The summed E-state index contributed by atoms with van der Waals surface area (Å²) in [4.78, 5) is 19.0. The fourth-order valence-electron chi connectivity index (χ4n) is 1.11. The van der Waals surface area contributed by atoms with Crippen LogP contribution in [0.3, 0.4) is 0 Å². The molecular weight excluding hydrogens is 230 g/mol. The highest BCUT2D eigenvalue weighted by atomic mass is 35.5. The molecule has 0 aliphatic carbocycles. The van der Waals surface area contributed by atoms with Crippen LogP contribution in [0.25, 0.3) is 0 Å². The topological polar surface area (TPSA) is 92.9 Å². The molecule has 0 aromatic carbocycles. The number of carbonyl (C=O) groups is 1. The molecule has 0 atom stereocenters. The number of aryl methyl sites for hydroxylation is 1. The molecular formula is C9H14ClN5O. The maximum Gasteiger partial charge on any atom is 0.239 e. The van der Waals surface area contributed by atoms with Gasteiger partial charge in [0.05, 0.1) is 17.9 Å².